The minimum atomic E-state index is -1.19. The van der Waals surface area contributed by atoms with E-state index >= 15 is 0 Å². The smallest absolute Gasteiger partial charge is 0.374 e. The number of Topliss-reactive ketones (excluding diaryl/α,β-unsaturated/α-hetero) is 2. The number of carbonyl (C=O) groups excluding carboxylic acids is 3. The number of methoxy groups -OCH3 is 1. The zero-order chi connectivity index (χ0) is 13.0. The van der Waals surface area contributed by atoms with Crippen LogP contribution in [-0.2, 0) is 14.3 Å². The molecule has 0 unspecified atom stereocenters. The number of esters is 1. The third-order valence-electron chi connectivity index (χ3n) is 1.98. The van der Waals surface area contributed by atoms with Gasteiger partial charge in [-0.25, -0.2) is 13.6 Å². The van der Waals surface area contributed by atoms with Crippen molar-refractivity contribution in [1.29, 1.82) is 0 Å². The van der Waals surface area contributed by atoms with Gasteiger partial charge in [0.1, 0.15) is 0 Å². The van der Waals surface area contributed by atoms with E-state index in [9.17, 15) is 23.2 Å². The molecule has 4 nitrogen and oxygen atoms in total. The zero-order valence-electron chi connectivity index (χ0n) is 8.83. The molecule has 1 aromatic carbocycles. The summed E-state index contributed by atoms with van der Waals surface area (Å²) in [6.45, 7) is 0. The van der Waals surface area contributed by atoms with Gasteiger partial charge in [0.15, 0.2) is 17.4 Å². The Morgan fingerprint density at radius 2 is 1.82 bits per heavy atom. The first-order valence-electron chi connectivity index (χ1n) is 4.55. The van der Waals surface area contributed by atoms with Gasteiger partial charge in [-0.2, -0.15) is 0 Å². The van der Waals surface area contributed by atoms with E-state index in [-0.39, 0.29) is 5.56 Å². The highest BCUT2D eigenvalue weighted by Crippen LogP contribution is 2.10. The van der Waals surface area contributed by atoms with Crippen LogP contribution in [-0.4, -0.2) is 24.6 Å². The highest BCUT2D eigenvalue weighted by Gasteiger charge is 2.20. The Morgan fingerprint density at radius 1 is 1.18 bits per heavy atom. The number of carbonyl (C=O) groups is 3. The molecule has 0 amide bonds. The van der Waals surface area contributed by atoms with Crippen LogP contribution < -0.4 is 0 Å². The molecule has 0 aliphatic carbocycles. The maximum Gasteiger partial charge on any atom is 0.374 e. The van der Waals surface area contributed by atoms with Crippen LogP contribution in [0.5, 0.6) is 0 Å². The lowest BCUT2D eigenvalue weighted by atomic mass is 10.1. The van der Waals surface area contributed by atoms with Gasteiger partial charge in [0.25, 0.3) is 0 Å². The minimum Gasteiger partial charge on any atom is -0.463 e. The summed E-state index contributed by atoms with van der Waals surface area (Å²) in [6, 6.07) is 2.47. The van der Waals surface area contributed by atoms with Gasteiger partial charge in [-0.1, -0.05) is 0 Å². The highest BCUT2D eigenvalue weighted by molar-refractivity contribution is 6.38. The van der Waals surface area contributed by atoms with Crippen LogP contribution in [0.15, 0.2) is 18.2 Å². The van der Waals surface area contributed by atoms with Gasteiger partial charge < -0.3 is 4.74 Å². The third-order valence-corrected chi connectivity index (χ3v) is 1.98. The summed E-state index contributed by atoms with van der Waals surface area (Å²) in [6.07, 6.45) is -0.738. The molecular weight excluding hydrogens is 234 g/mol. The van der Waals surface area contributed by atoms with Gasteiger partial charge in [0.2, 0.25) is 5.78 Å². The van der Waals surface area contributed by atoms with Crippen molar-refractivity contribution in [2.24, 2.45) is 0 Å². The van der Waals surface area contributed by atoms with E-state index in [0.29, 0.717) is 6.07 Å². The van der Waals surface area contributed by atoms with Gasteiger partial charge in [0.05, 0.1) is 13.5 Å². The van der Waals surface area contributed by atoms with Crippen molar-refractivity contribution in [3.8, 4) is 0 Å². The van der Waals surface area contributed by atoms with Gasteiger partial charge in [-0.15, -0.1) is 0 Å². The number of ether oxygens (including phenoxy) is 1. The molecule has 0 aromatic heterocycles. The normalized spacial score (nSPS) is 9.82. The summed E-state index contributed by atoms with van der Waals surface area (Å²) < 4.78 is 29.5. The molecule has 0 spiro atoms. The standard InChI is InChI=1S/C11H8F2O4/c1-17-11(16)10(15)5-9(14)6-2-3-7(12)8(13)4-6/h2-4H,5H2,1H3. The molecule has 0 atom stereocenters. The molecule has 6 heteroatoms. The molecule has 0 heterocycles. The summed E-state index contributed by atoms with van der Waals surface area (Å²) in [7, 11) is 1.00. The molecule has 17 heavy (non-hydrogen) atoms. The van der Waals surface area contributed by atoms with E-state index in [0.717, 1.165) is 19.2 Å². The van der Waals surface area contributed by atoms with Crippen LogP contribution in [0.25, 0.3) is 0 Å². The van der Waals surface area contributed by atoms with E-state index in [1.54, 1.807) is 0 Å². The summed E-state index contributed by atoms with van der Waals surface area (Å²) in [5.74, 6) is -5.26. The Morgan fingerprint density at radius 3 is 2.35 bits per heavy atom. The molecule has 1 aromatic rings. The van der Waals surface area contributed by atoms with Crippen LogP contribution in [0, 0.1) is 11.6 Å². The predicted molar refractivity (Wildman–Crippen MR) is 52.3 cm³/mol. The van der Waals surface area contributed by atoms with Crippen molar-refractivity contribution in [3.05, 3.63) is 35.4 Å². The quantitative estimate of drug-likeness (QED) is 0.345. The van der Waals surface area contributed by atoms with Gasteiger partial charge in [-0.05, 0) is 18.2 Å². The number of ketones is 2. The Balaban J connectivity index is 2.80. The van der Waals surface area contributed by atoms with Crippen molar-refractivity contribution in [2.45, 2.75) is 6.42 Å². The lowest BCUT2D eigenvalue weighted by Gasteiger charge is -2.00. The van der Waals surface area contributed by atoms with Crippen molar-refractivity contribution < 1.29 is 27.9 Å². The topological polar surface area (TPSA) is 60.4 Å². The molecule has 0 N–H and O–H groups in total. The number of benzene rings is 1. The average Bonchev–Trinajstić information content (AvgIpc) is 2.31. The van der Waals surface area contributed by atoms with Gasteiger partial charge >= 0.3 is 5.97 Å². The fraction of sp³-hybridized carbons (Fsp3) is 0.182. The van der Waals surface area contributed by atoms with Gasteiger partial charge in [0, 0.05) is 5.56 Å². The summed E-state index contributed by atoms with van der Waals surface area (Å²) in [4.78, 5) is 33.2. The molecule has 1 rings (SSSR count). The minimum absolute atomic E-state index is 0.179. The van der Waals surface area contributed by atoms with Crippen molar-refractivity contribution >= 4 is 17.5 Å². The lowest BCUT2D eigenvalue weighted by Crippen LogP contribution is -2.19. The molecule has 0 bridgehead atoms. The first-order chi connectivity index (χ1) is 7.95. The van der Waals surface area contributed by atoms with Crippen molar-refractivity contribution in [2.75, 3.05) is 7.11 Å². The molecule has 0 saturated carbocycles. The molecule has 0 aliphatic heterocycles. The molecule has 0 fully saturated rings. The van der Waals surface area contributed by atoms with Crippen molar-refractivity contribution in [1.82, 2.24) is 0 Å². The summed E-state index contributed by atoms with van der Waals surface area (Å²) in [5, 5.41) is 0. The number of rotatable bonds is 4. The van der Waals surface area contributed by atoms with Crippen LogP contribution in [0.2, 0.25) is 0 Å². The van der Waals surface area contributed by atoms with E-state index in [1.807, 2.05) is 0 Å². The monoisotopic (exact) mass is 242 g/mol. The maximum absolute atomic E-state index is 12.8. The number of hydrogen-bond donors (Lipinski definition) is 0. The Hall–Kier alpha value is -2.11. The molecule has 90 valence electrons. The first-order valence-corrected chi connectivity index (χ1v) is 4.55. The van der Waals surface area contributed by atoms with E-state index < -0.39 is 35.6 Å². The lowest BCUT2D eigenvalue weighted by molar-refractivity contribution is -0.151. The SMILES string of the molecule is COC(=O)C(=O)CC(=O)c1ccc(F)c(F)c1. The van der Waals surface area contributed by atoms with E-state index in [1.165, 1.54) is 0 Å². The molecular formula is C11H8F2O4. The van der Waals surface area contributed by atoms with Crippen LogP contribution in [0.3, 0.4) is 0 Å². The molecule has 0 aliphatic rings. The fourth-order valence-electron chi connectivity index (χ4n) is 1.10. The Labute approximate surface area is 95.2 Å². The second-order valence-electron chi connectivity index (χ2n) is 3.14. The Kier molecular flexibility index (Phi) is 4.03. The third kappa shape index (κ3) is 3.17. The van der Waals surface area contributed by atoms with Crippen molar-refractivity contribution in [3.63, 3.8) is 0 Å². The summed E-state index contributed by atoms with van der Waals surface area (Å²) in [5.41, 5.74) is -0.179. The Bertz CT molecular complexity index is 482. The van der Waals surface area contributed by atoms with Gasteiger partial charge in [-0.3, -0.25) is 9.59 Å². The molecule has 0 saturated heterocycles. The van der Waals surface area contributed by atoms with E-state index in [2.05, 4.69) is 4.74 Å². The summed E-state index contributed by atoms with van der Waals surface area (Å²) >= 11 is 0. The highest BCUT2D eigenvalue weighted by atomic mass is 19.2. The first kappa shape index (κ1) is 13.0. The maximum atomic E-state index is 12.8. The largest absolute Gasteiger partial charge is 0.463 e. The average molecular weight is 242 g/mol. The van der Waals surface area contributed by atoms with Crippen LogP contribution in [0.4, 0.5) is 8.78 Å². The second kappa shape index (κ2) is 5.29. The van der Waals surface area contributed by atoms with Crippen LogP contribution >= 0.6 is 0 Å². The second-order valence-corrected chi connectivity index (χ2v) is 3.14. The van der Waals surface area contributed by atoms with Crippen LogP contribution in [0.1, 0.15) is 16.8 Å². The predicted octanol–water partition coefficient (Wildman–Crippen LogP) is 1.28. The number of halogens is 2. The fourth-order valence-corrected chi connectivity index (χ4v) is 1.10. The number of hydrogen-bond acceptors (Lipinski definition) is 4. The molecule has 0 radical (unpaired) electrons. The van der Waals surface area contributed by atoms with E-state index in [4.69, 9.17) is 0 Å². The zero-order valence-corrected chi connectivity index (χ0v) is 8.83.